The molecular weight excluding hydrogens is 188 g/mol. The Labute approximate surface area is 93.7 Å². The molecule has 0 bridgehead atoms. The zero-order valence-electron chi connectivity index (χ0n) is 10.5. The van der Waals surface area contributed by atoms with E-state index in [1.165, 1.54) is 0 Å². The third-order valence-corrected chi connectivity index (χ3v) is 2.52. The van der Waals surface area contributed by atoms with Gasteiger partial charge in [-0.2, -0.15) is 0 Å². The maximum absolute atomic E-state index is 11.8. The van der Waals surface area contributed by atoms with Crippen LogP contribution in [-0.4, -0.2) is 12.6 Å². The summed E-state index contributed by atoms with van der Waals surface area (Å²) in [6.07, 6.45) is 4.71. The minimum atomic E-state index is -0.0872. The molecule has 0 saturated heterocycles. The number of hydrogen-bond acceptors (Lipinski definition) is 2. The molecule has 0 amide bonds. The molecule has 0 aliphatic carbocycles. The summed E-state index contributed by atoms with van der Waals surface area (Å²) >= 11 is 0. The van der Waals surface area contributed by atoms with Crippen molar-refractivity contribution in [3.05, 3.63) is 12.7 Å². The lowest BCUT2D eigenvalue weighted by Gasteiger charge is -2.28. The standard InChI is InChI=1S/C13H24O2/c1-6-8-9-11(13(3,4)5)12(14)15-10-7-2/h7,11H,2,6,8-10H2,1,3-5H3. The van der Waals surface area contributed by atoms with E-state index < -0.39 is 0 Å². The average molecular weight is 212 g/mol. The number of ether oxygens (including phenoxy) is 1. The van der Waals surface area contributed by atoms with Crippen molar-refractivity contribution in [2.45, 2.75) is 47.0 Å². The van der Waals surface area contributed by atoms with E-state index in [2.05, 4.69) is 34.3 Å². The molecule has 0 N–H and O–H groups in total. The van der Waals surface area contributed by atoms with Crippen molar-refractivity contribution in [2.24, 2.45) is 11.3 Å². The molecule has 0 aliphatic rings. The fourth-order valence-electron chi connectivity index (χ4n) is 1.55. The molecule has 0 aliphatic heterocycles. The van der Waals surface area contributed by atoms with Gasteiger partial charge in [-0.3, -0.25) is 4.79 Å². The molecule has 0 heterocycles. The molecule has 1 atom stereocenters. The highest BCUT2D eigenvalue weighted by molar-refractivity contribution is 5.73. The number of carbonyl (C=O) groups excluding carboxylic acids is 1. The van der Waals surface area contributed by atoms with Crippen LogP contribution in [0, 0.1) is 11.3 Å². The number of rotatable bonds is 6. The highest BCUT2D eigenvalue weighted by atomic mass is 16.5. The van der Waals surface area contributed by atoms with Crippen LogP contribution in [0.15, 0.2) is 12.7 Å². The largest absolute Gasteiger partial charge is 0.461 e. The topological polar surface area (TPSA) is 26.3 Å². The molecule has 0 rings (SSSR count). The van der Waals surface area contributed by atoms with Gasteiger partial charge in [-0.15, -0.1) is 0 Å². The first-order valence-electron chi connectivity index (χ1n) is 5.71. The Hall–Kier alpha value is -0.790. The molecule has 0 aromatic carbocycles. The molecule has 15 heavy (non-hydrogen) atoms. The zero-order chi connectivity index (χ0) is 11.9. The van der Waals surface area contributed by atoms with E-state index in [4.69, 9.17) is 4.74 Å². The predicted molar refractivity (Wildman–Crippen MR) is 63.6 cm³/mol. The summed E-state index contributed by atoms with van der Waals surface area (Å²) < 4.78 is 5.12. The quantitative estimate of drug-likeness (QED) is 0.497. The molecule has 0 aromatic heterocycles. The molecule has 1 unspecified atom stereocenters. The number of unbranched alkanes of at least 4 members (excludes halogenated alkanes) is 1. The van der Waals surface area contributed by atoms with Crippen molar-refractivity contribution in [2.75, 3.05) is 6.61 Å². The van der Waals surface area contributed by atoms with E-state index >= 15 is 0 Å². The van der Waals surface area contributed by atoms with Gasteiger partial charge in [0, 0.05) is 0 Å². The highest BCUT2D eigenvalue weighted by Crippen LogP contribution is 2.31. The summed E-state index contributed by atoms with van der Waals surface area (Å²) in [6, 6.07) is 0. The van der Waals surface area contributed by atoms with Crippen LogP contribution < -0.4 is 0 Å². The Kier molecular flexibility index (Phi) is 6.30. The van der Waals surface area contributed by atoms with Crippen LogP contribution in [0.3, 0.4) is 0 Å². The summed E-state index contributed by atoms with van der Waals surface area (Å²) in [5.41, 5.74) is -0.0204. The molecule has 0 aromatic rings. The van der Waals surface area contributed by atoms with Crippen molar-refractivity contribution in [1.29, 1.82) is 0 Å². The molecule has 0 radical (unpaired) electrons. The number of hydrogen-bond donors (Lipinski definition) is 0. The lowest BCUT2D eigenvalue weighted by atomic mass is 9.78. The summed E-state index contributed by atoms with van der Waals surface area (Å²) in [6.45, 7) is 12.2. The molecular formula is C13H24O2. The lowest BCUT2D eigenvalue weighted by Crippen LogP contribution is -2.30. The lowest BCUT2D eigenvalue weighted by molar-refractivity contribution is -0.151. The Bertz CT molecular complexity index is 201. The molecule has 2 heteroatoms. The van der Waals surface area contributed by atoms with Crippen LogP contribution >= 0.6 is 0 Å². The second kappa shape index (κ2) is 6.65. The first kappa shape index (κ1) is 14.2. The van der Waals surface area contributed by atoms with Gasteiger partial charge in [0.1, 0.15) is 6.61 Å². The maximum atomic E-state index is 11.8. The summed E-state index contributed by atoms with van der Waals surface area (Å²) in [5.74, 6) is -0.0896. The second-order valence-electron chi connectivity index (χ2n) is 4.98. The van der Waals surface area contributed by atoms with Crippen molar-refractivity contribution in [3.8, 4) is 0 Å². The fourth-order valence-corrected chi connectivity index (χ4v) is 1.55. The monoisotopic (exact) mass is 212 g/mol. The Morgan fingerprint density at radius 2 is 2.07 bits per heavy atom. The Morgan fingerprint density at radius 3 is 2.47 bits per heavy atom. The van der Waals surface area contributed by atoms with Gasteiger partial charge in [-0.05, 0) is 11.8 Å². The van der Waals surface area contributed by atoms with Crippen molar-refractivity contribution in [3.63, 3.8) is 0 Å². The molecule has 0 saturated carbocycles. The fraction of sp³-hybridized carbons (Fsp3) is 0.769. The maximum Gasteiger partial charge on any atom is 0.309 e. The van der Waals surface area contributed by atoms with Crippen molar-refractivity contribution >= 4 is 5.97 Å². The minimum Gasteiger partial charge on any atom is -0.461 e. The first-order chi connectivity index (χ1) is 6.93. The first-order valence-corrected chi connectivity index (χ1v) is 5.71. The van der Waals surface area contributed by atoms with Crippen LogP contribution in [-0.2, 0) is 9.53 Å². The normalized spacial score (nSPS) is 13.3. The van der Waals surface area contributed by atoms with Crippen LogP contribution in [0.25, 0.3) is 0 Å². The van der Waals surface area contributed by atoms with Crippen molar-refractivity contribution in [1.82, 2.24) is 0 Å². The van der Waals surface area contributed by atoms with Gasteiger partial charge in [0.2, 0.25) is 0 Å². The van der Waals surface area contributed by atoms with Gasteiger partial charge in [0.15, 0.2) is 0 Å². The number of carbonyl (C=O) groups is 1. The van der Waals surface area contributed by atoms with E-state index in [1.807, 2.05) is 0 Å². The van der Waals surface area contributed by atoms with Crippen molar-refractivity contribution < 1.29 is 9.53 Å². The van der Waals surface area contributed by atoms with Gasteiger partial charge >= 0.3 is 5.97 Å². The van der Waals surface area contributed by atoms with Gasteiger partial charge in [-0.25, -0.2) is 0 Å². The molecule has 0 spiro atoms. The molecule has 0 fully saturated rings. The zero-order valence-corrected chi connectivity index (χ0v) is 10.5. The second-order valence-corrected chi connectivity index (χ2v) is 4.98. The van der Waals surface area contributed by atoms with E-state index in [0.29, 0.717) is 6.61 Å². The van der Waals surface area contributed by atoms with Gasteiger partial charge in [-0.1, -0.05) is 53.2 Å². The average Bonchev–Trinajstić information content (AvgIpc) is 2.13. The van der Waals surface area contributed by atoms with E-state index in [-0.39, 0.29) is 17.3 Å². The highest BCUT2D eigenvalue weighted by Gasteiger charge is 2.31. The SMILES string of the molecule is C=CCOC(=O)C(CCCC)C(C)(C)C. The molecule has 88 valence electrons. The van der Waals surface area contributed by atoms with Gasteiger partial charge in [0.05, 0.1) is 5.92 Å². The van der Waals surface area contributed by atoms with Crippen LogP contribution in [0.2, 0.25) is 0 Å². The van der Waals surface area contributed by atoms with E-state index in [0.717, 1.165) is 19.3 Å². The Balaban J connectivity index is 4.34. The molecule has 2 nitrogen and oxygen atoms in total. The smallest absolute Gasteiger partial charge is 0.309 e. The summed E-state index contributed by atoms with van der Waals surface area (Å²) in [7, 11) is 0. The third-order valence-electron chi connectivity index (χ3n) is 2.52. The number of esters is 1. The van der Waals surface area contributed by atoms with E-state index in [9.17, 15) is 4.79 Å². The van der Waals surface area contributed by atoms with E-state index in [1.54, 1.807) is 6.08 Å². The van der Waals surface area contributed by atoms with Crippen LogP contribution in [0.5, 0.6) is 0 Å². The van der Waals surface area contributed by atoms with Gasteiger partial charge < -0.3 is 4.74 Å². The predicted octanol–water partition coefficient (Wildman–Crippen LogP) is 3.57. The Morgan fingerprint density at radius 1 is 1.47 bits per heavy atom. The van der Waals surface area contributed by atoms with Crippen LogP contribution in [0.1, 0.15) is 47.0 Å². The summed E-state index contributed by atoms with van der Waals surface area (Å²) in [5, 5.41) is 0. The summed E-state index contributed by atoms with van der Waals surface area (Å²) in [4.78, 5) is 11.8. The minimum absolute atomic E-state index is 0.00241. The van der Waals surface area contributed by atoms with Gasteiger partial charge in [0.25, 0.3) is 0 Å². The third kappa shape index (κ3) is 5.60. The van der Waals surface area contributed by atoms with Crippen LogP contribution in [0.4, 0.5) is 0 Å².